The fraction of sp³-hybridized carbons (Fsp3) is 0.417. The number of primary amides is 1. The molecule has 4 heteroatoms. The van der Waals surface area contributed by atoms with Gasteiger partial charge < -0.3 is 16.4 Å². The van der Waals surface area contributed by atoms with Crippen molar-refractivity contribution >= 4 is 11.6 Å². The molecule has 1 aromatic carbocycles. The molecule has 1 aliphatic rings. The van der Waals surface area contributed by atoms with Gasteiger partial charge in [-0.15, -0.1) is 0 Å². The number of benzene rings is 1. The summed E-state index contributed by atoms with van der Waals surface area (Å²) in [6.45, 7) is 1.45. The lowest BCUT2D eigenvalue weighted by Crippen LogP contribution is -2.47. The third kappa shape index (κ3) is 2.17. The zero-order valence-electron chi connectivity index (χ0n) is 9.23. The van der Waals surface area contributed by atoms with E-state index in [2.05, 4.69) is 17.0 Å². The summed E-state index contributed by atoms with van der Waals surface area (Å²) in [5.74, 6) is -0.442. The minimum Gasteiger partial charge on any atom is -0.369 e. The van der Waals surface area contributed by atoms with E-state index < -0.39 is 11.9 Å². The number of nitrogens with zero attached hydrogens (tertiary/aromatic N) is 1. The number of anilines is 1. The molecule has 0 saturated heterocycles. The molecule has 1 amide bonds. The molecule has 1 aliphatic heterocycles. The van der Waals surface area contributed by atoms with Gasteiger partial charge in [-0.2, -0.15) is 0 Å². The van der Waals surface area contributed by atoms with Crippen molar-refractivity contribution in [2.45, 2.75) is 18.9 Å². The molecule has 2 rings (SSSR count). The number of rotatable bonds is 3. The molecule has 86 valence electrons. The summed E-state index contributed by atoms with van der Waals surface area (Å²) >= 11 is 0. The molecule has 1 atom stereocenters. The molecular weight excluding hydrogens is 202 g/mol. The van der Waals surface area contributed by atoms with Crippen molar-refractivity contribution in [3.05, 3.63) is 29.8 Å². The largest absolute Gasteiger partial charge is 0.369 e. The molecule has 0 aliphatic carbocycles. The summed E-state index contributed by atoms with van der Waals surface area (Å²) in [4.78, 5) is 13.1. The van der Waals surface area contributed by atoms with Crippen molar-refractivity contribution in [1.29, 1.82) is 0 Å². The topological polar surface area (TPSA) is 72.3 Å². The van der Waals surface area contributed by atoms with E-state index in [4.69, 9.17) is 11.5 Å². The summed E-state index contributed by atoms with van der Waals surface area (Å²) in [5, 5.41) is 0. The van der Waals surface area contributed by atoms with Crippen LogP contribution < -0.4 is 16.4 Å². The summed E-state index contributed by atoms with van der Waals surface area (Å²) < 4.78 is 0. The second-order valence-electron chi connectivity index (χ2n) is 4.19. The zero-order valence-corrected chi connectivity index (χ0v) is 9.23. The van der Waals surface area contributed by atoms with Gasteiger partial charge in [0, 0.05) is 18.8 Å². The first kappa shape index (κ1) is 11.0. The molecule has 1 unspecified atom stereocenters. The minimum absolute atomic E-state index is 0.442. The Hall–Kier alpha value is -1.55. The Kier molecular flexibility index (Phi) is 3.10. The maximum absolute atomic E-state index is 11.0. The number of hydrogen-bond donors (Lipinski definition) is 2. The van der Waals surface area contributed by atoms with E-state index in [1.807, 2.05) is 12.1 Å². The standard InChI is InChI=1S/C12H17N3O/c13-10(12(14)16)8-15-7-3-5-9-4-1-2-6-11(9)15/h1-2,4,6,10H,3,5,7-8,13H2,(H2,14,16). The predicted molar refractivity (Wildman–Crippen MR) is 64.1 cm³/mol. The normalized spacial score (nSPS) is 16.7. The fourth-order valence-corrected chi connectivity index (χ4v) is 2.13. The van der Waals surface area contributed by atoms with Gasteiger partial charge in [0.2, 0.25) is 5.91 Å². The Morgan fingerprint density at radius 1 is 1.44 bits per heavy atom. The molecule has 0 saturated carbocycles. The van der Waals surface area contributed by atoms with Gasteiger partial charge in [0.05, 0.1) is 0 Å². The highest BCUT2D eigenvalue weighted by Crippen LogP contribution is 2.26. The number of aryl methyl sites for hydroxylation is 1. The Bertz CT molecular complexity index is 392. The van der Waals surface area contributed by atoms with E-state index in [1.54, 1.807) is 0 Å². The molecule has 0 radical (unpaired) electrons. The number of fused-ring (bicyclic) bond motifs is 1. The second kappa shape index (κ2) is 4.53. The fourth-order valence-electron chi connectivity index (χ4n) is 2.13. The first-order valence-electron chi connectivity index (χ1n) is 5.56. The van der Waals surface area contributed by atoms with Gasteiger partial charge in [0.1, 0.15) is 6.04 Å². The van der Waals surface area contributed by atoms with Crippen LogP contribution >= 0.6 is 0 Å². The predicted octanol–water partition coefficient (Wildman–Crippen LogP) is 0.252. The lowest BCUT2D eigenvalue weighted by molar-refractivity contribution is -0.119. The van der Waals surface area contributed by atoms with E-state index in [-0.39, 0.29) is 0 Å². The van der Waals surface area contributed by atoms with Gasteiger partial charge >= 0.3 is 0 Å². The maximum Gasteiger partial charge on any atom is 0.236 e. The van der Waals surface area contributed by atoms with Crippen molar-refractivity contribution in [3.8, 4) is 0 Å². The van der Waals surface area contributed by atoms with Crippen LogP contribution in [0.25, 0.3) is 0 Å². The maximum atomic E-state index is 11.0. The lowest BCUT2D eigenvalue weighted by Gasteiger charge is -2.32. The average Bonchev–Trinajstić information content (AvgIpc) is 2.29. The van der Waals surface area contributed by atoms with Gasteiger partial charge in [-0.1, -0.05) is 18.2 Å². The van der Waals surface area contributed by atoms with E-state index in [0.29, 0.717) is 6.54 Å². The van der Waals surface area contributed by atoms with Crippen LogP contribution in [0.5, 0.6) is 0 Å². The Balaban J connectivity index is 2.16. The third-order valence-electron chi connectivity index (χ3n) is 2.99. The Labute approximate surface area is 95.2 Å². The molecule has 0 bridgehead atoms. The summed E-state index contributed by atoms with van der Waals surface area (Å²) in [5.41, 5.74) is 13.4. The molecule has 4 N–H and O–H groups in total. The van der Waals surface area contributed by atoms with E-state index >= 15 is 0 Å². The van der Waals surface area contributed by atoms with Gasteiger partial charge in [0.15, 0.2) is 0 Å². The first-order valence-corrected chi connectivity index (χ1v) is 5.56. The molecule has 4 nitrogen and oxygen atoms in total. The zero-order chi connectivity index (χ0) is 11.5. The molecule has 0 spiro atoms. The quantitative estimate of drug-likeness (QED) is 0.765. The van der Waals surface area contributed by atoms with Crippen molar-refractivity contribution in [2.75, 3.05) is 18.0 Å². The smallest absolute Gasteiger partial charge is 0.236 e. The Morgan fingerprint density at radius 2 is 2.19 bits per heavy atom. The molecule has 1 aromatic rings. The third-order valence-corrected chi connectivity index (χ3v) is 2.99. The van der Waals surface area contributed by atoms with Crippen LogP contribution in [0, 0.1) is 0 Å². The van der Waals surface area contributed by atoms with Crippen LogP contribution in [0.1, 0.15) is 12.0 Å². The summed E-state index contributed by atoms with van der Waals surface area (Å²) in [6, 6.07) is 7.65. The van der Waals surface area contributed by atoms with Crippen LogP contribution in [0.2, 0.25) is 0 Å². The number of amides is 1. The Morgan fingerprint density at radius 3 is 2.94 bits per heavy atom. The summed E-state index contributed by atoms with van der Waals surface area (Å²) in [7, 11) is 0. The van der Waals surface area contributed by atoms with Gasteiger partial charge in [-0.3, -0.25) is 4.79 Å². The van der Waals surface area contributed by atoms with Crippen molar-refractivity contribution < 1.29 is 4.79 Å². The lowest BCUT2D eigenvalue weighted by atomic mass is 10.0. The second-order valence-corrected chi connectivity index (χ2v) is 4.19. The molecule has 16 heavy (non-hydrogen) atoms. The van der Waals surface area contributed by atoms with Crippen LogP contribution in [0.3, 0.4) is 0 Å². The number of carbonyl (C=O) groups excluding carboxylic acids is 1. The highest BCUT2D eigenvalue weighted by atomic mass is 16.1. The number of para-hydroxylation sites is 1. The van der Waals surface area contributed by atoms with Crippen LogP contribution in [0.4, 0.5) is 5.69 Å². The number of nitrogens with two attached hydrogens (primary N) is 2. The highest BCUT2D eigenvalue weighted by molar-refractivity contribution is 5.80. The van der Waals surface area contributed by atoms with Gasteiger partial charge in [-0.05, 0) is 24.5 Å². The number of hydrogen-bond acceptors (Lipinski definition) is 3. The minimum atomic E-state index is -0.592. The van der Waals surface area contributed by atoms with Crippen molar-refractivity contribution in [2.24, 2.45) is 11.5 Å². The first-order chi connectivity index (χ1) is 7.68. The molecule has 0 fully saturated rings. The molecule has 1 heterocycles. The van der Waals surface area contributed by atoms with E-state index in [9.17, 15) is 4.79 Å². The van der Waals surface area contributed by atoms with Crippen LogP contribution in [-0.4, -0.2) is 25.0 Å². The van der Waals surface area contributed by atoms with Gasteiger partial charge in [0.25, 0.3) is 0 Å². The SMILES string of the molecule is NC(=O)C(N)CN1CCCc2ccccc21. The number of carbonyl (C=O) groups is 1. The van der Waals surface area contributed by atoms with E-state index in [0.717, 1.165) is 19.4 Å². The van der Waals surface area contributed by atoms with Crippen LogP contribution in [-0.2, 0) is 11.2 Å². The van der Waals surface area contributed by atoms with E-state index in [1.165, 1.54) is 11.3 Å². The van der Waals surface area contributed by atoms with Crippen LogP contribution in [0.15, 0.2) is 24.3 Å². The highest BCUT2D eigenvalue weighted by Gasteiger charge is 2.20. The van der Waals surface area contributed by atoms with Crippen molar-refractivity contribution in [1.82, 2.24) is 0 Å². The molecule has 0 aromatic heterocycles. The summed E-state index contributed by atoms with van der Waals surface area (Å²) in [6.07, 6.45) is 2.20. The van der Waals surface area contributed by atoms with Gasteiger partial charge in [-0.25, -0.2) is 0 Å². The molecular formula is C12H17N3O. The average molecular weight is 219 g/mol. The monoisotopic (exact) mass is 219 g/mol. The van der Waals surface area contributed by atoms with Crippen molar-refractivity contribution in [3.63, 3.8) is 0 Å².